The van der Waals surface area contributed by atoms with Crippen molar-refractivity contribution in [1.82, 2.24) is 0 Å². The van der Waals surface area contributed by atoms with Crippen molar-refractivity contribution in [3.05, 3.63) is 0 Å². The summed E-state index contributed by atoms with van der Waals surface area (Å²) in [5.74, 6) is 0. The molecule has 0 fully saturated rings. The third kappa shape index (κ3) is 598. The summed E-state index contributed by atoms with van der Waals surface area (Å²) >= 11 is 0. The topological polar surface area (TPSA) is 101 Å². The molecule has 1 radical (unpaired) electrons. The molecule has 0 unspecified atom stereocenters. The summed E-state index contributed by atoms with van der Waals surface area (Å²) in [5, 5.41) is 11.5. The van der Waals surface area contributed by atoms with E-state index >= 15 is 0 Å². The first-order chi connectivity index (χ1) is 3.41. The Morgan fingerprint density at radius 3 is 1.56 bits per heavy atom. The Hall–Kier alpha value is 0.830. The second-order valence-electron chi connectivity index (χ2n) is 0.831. The molecule has 0 rings (SSSR count). The largest absolute Gasteiger partial charge is 0.397 e. The van der Waals surface area contributed by atoms with E-state index in [0.717, 1.165) is 0 Å². The molecule has 5 nitrogen and oxygen atoms in total. The minimum Gasteiger partial charge on any atom is -0.397 e. The van der Waals surface area contributed by atoms with Crippen molar-refractivity contribution in [2.45, 2.75) is 6.92 Å². The fraction of sp³-hybridized carbons (Fsp3) is 1.00. The maximum absolute atomic E-state index is 8.97. The molecule has 0 bridgehead atoms. The van der Waals surface area contributed by atoms with Gasteiger partial charge in [0.1, 0.15) is 0 Å². The second-order valence-corrected chi connectivity index (χ2v) is 1.86. The second kappa shape index (κ2) is 8.83. The molecule has 0 saturated heterocycles. The van der Waals surface area contributed by atoms with E-state index in [9.17, 15) is 0 Å². The minimum atomic E-state index is -4.17. The van der Waals surface area contributed by atoms with Crippen molar-refractivity contribution in [3.8, 4) is 0 Å². The smallest absolute Gasteiger partial charge is 0.330 e. The number of aliphatic hydroxyl groups excluding tert-OH is 1. The van der Waals surface area contributed by atoms with Crippen LogP contribution in [0.15, 0.2) is 0 Å². The summed E-state index contributed by atoms with van der Waals surface area (Å²) in [6, 6.07) is 0. The number of hydrogen-bond donors (Lipinski definition) is 3. The molecule has 53 valence electrons. The molecule has 0 heterocycles. The van der Waals surface area contributed by atoms with Crippen LogP contribution in [0.25, 0.3) is 0 Å². The molecule has 9 heavy (non-hydrogen) atoms. The predicted octanol–water partition coefficient (Wildman–Crippen LogP) is -1.63. The van der Waals surface area contributed by atoms with Crippen LogP contribution >= 0.6 is 0 Å². The Labute approximate surface area is 76.4 Å². The molecule has 4 N–H and O–H groups in total. The van der Waals surface area contributed by atoms with Crippen LogP contribution in [-0.2, 0) is 10.3 Å². The van der Waals surface area contributed by atoms with Gasteiger partial charge < -0.3 is 5.11 Å². The van der Waals surface area contributed by atoms with Crippen molar-refractivity contribution in [2.75, 3.05) is 6.61 Å². The fourth-order valence-electron chi connectivity index (χ4n) is 0. The Morgan fingerprint density at radius 1 is 1.56 bits per heavy atom. The number of hydrogen-bond acceptors (Lipinski definition) is 3. The third-order valence-electron chi connectivity index (χ3n) is 0. The van der Waals surface area contributed by atoms with Gasteiger partial charge in [-0.05, 0) is 6.92 Å². The van der Waals surface area contributed by atoms with Gasteiger partial charge in [0.05, 0.1) is 0 Å². The molecule has 0 amide bonds. The molecule has 7 heteroatoms. The first-order valence-corrected chi connectivity index (χ1v) is 3.28. The molecule has 0 aromatic carbocycles. The van der Waals surface area contributed by atoms with Crippen LogP contribution < -0.4 is 5.14 Å². The molecule has 0 atom stereocenters. The van der Waals surface area contributed by atoms with Crippen molar-refractivity contribution in [2.24, 2.45) is 5.14 Å². The van der Waals surface area contributed by atoms with E-state index in [2.05, 4.69) is 5.14 Å². The van der Waals surface area contributed by atoms with E-state index in [-0.39, 0.29) is 36.2 Å². The van der Waals surface area contributed by atoms with E-state index in [0.29, 0.717) is 0 Å². The van der Waals surface area contributed by atoms with Crippen molar-refractivity contribution < 1.29 is 18.1 Å². The molecule has 0 aliphatic carbocycles. The zero-order chi connectivity index (χ0) is 7.21. The molecule has 0 aromatic heterocycles. The van der Waals surface area contributed by atoms with Crippen molar-refractivity contribution in [1.29, 1.82) is 0 Å². The van der Waals surface area contributed by atoms with Crippen molar-refractivity contribution >= 4 is 39.9 Å². The number of rotatable bonds is 0. The minimum absolute atomic E-state index is 0. The monoisotopic (exact) mass is 166 g/mol. The Morgan fingerprint density at radius 2 is 1.56 bits per heavy atom. The molecule has 0 spiro atoms. The van der Waals surface area contributed by atoms with Crippen LogP contribution in [0.3, 0.4) is 0 Å². The standard InChI is InChI=1S/C2H6O.H3NO3S.Na/c1-2-3;1-5(2,3)4;/h3H,2H2,1H3;(H3,1,2,3,4);. The van der Waals surface area contributed by atoms with Gasteiger partial charge in [-0.3, -0.25) is 4.55 Å². The van der Waals surface area contributed by atoms with Gasteiger partial charge in [0.15, 0.2) is 0 Å². The van der Waals surface area contributed by atoms with Gasteiger partial charge in [0.2, 0.25) is 0 Å². The van der Waals surface area contributed by atoms with E-state index in [1.807, 2.05) is 0 Å². The van der Waals surface area contributed by atoms with Gasteiger partial charge in [0.25, 0.3) is 0 Å². The molecule has 0 aliphatic heterocycles. The average Bonchev–Trinajstić information content (AvgIpc) is 1.27. The van der Waals surface area contributed by atoms with E-state index in [4.69, 9.17) is 18.1 Å². The van der Waals surface area contributed by atoms with Gasteiger partial charge in [-0.2, -0.15) is 8.42 Å². The SMILES string of the molecule is CCO.NS(=O)(=O)O.[Na]. The fourth-order valence-corrected chi connectivity index (χ4v) is 0. The normalized spacial score (nSPS) is 8.44. The molecule has 0 aliphatic rings. The summed E-state index contributed by atoms with van der Waals surface area (Å²) in [6.07, 6.45) is 0. The van der Waals surface area contributed by atoms with E-state index < -0.39 is 10.3 Å². The van der Waals surface area contributed by atoms with Crippen LogP contribution in [0.1, 0.15) is 6.92 Å². The van der Waals surface area contributed by atoms with Crippen LogP contribution in [0, 0.1) is 0 Å². The van der Waals surface area contributed by atoms with Gasteiger partial charge in [-0.15, -0.1) is 0 Å². The molecule has 0 saturated carbocycles. The van der Waals surface area contributed by atoms with Gasteiger partial charge in [-0.1, -0.05) is 0 Å². The Kier molecular flexibility index (Phi) is 16.1. The zero-order valence-corrected chi connectivity index (χ0v) is 8.22. The molecular formula is C2H9NNaO4S. The first-order valence-electron chi connectivity index (χ1n) is 1.77. The molecule has 0 aromatic rings. The quantitative estimate of drug-likeness (QED) is 0.297. The van der Waals surface area contributed by atoms with Gasteiger partial charge in [0, 0.05) is 36.2 Å². The Bertz CT molecular complexity index is 113. The summed E-state index contributed by atoms with van der Waals surface area (Å²) in [7, 11) is -4.17. The first kappa shape index (κ1) is 16.4. The third-order valence-corrected chi connectivity index (χ3v) is 0. The zero-order valence-electron chi connectivity index (χ0n) is 5.40. The maximum atomic E-state index is 8.97. The van der Waals surface area contributed by atoms with Crippen LogP contribution in [0.4, 0.5) is 0 Å². The number of nitrogens with two attached hydrogens (primary N) is 1. The van der Waals surface area contributed by atoms with Crippen molar-refractivity contribution in [3.63, 3.8) is 0 Å². The van der Waals surface area contributed by atoms with E-state index in [1.54, 1.807) is 6.92 Å². The predicted molar refractivity (Wildman–Crippen MR) is 34.2 cm³/mol. The van der Waals surface area contributed by atoms with Crippen LogP contribution in [-0.4, -0.2) is 54.2 Å². The molecular weight excluding hydrogens is 157 g/mol. The maximum Gasteiger partial charge on any atom is 0.330 e. The van der Waals surface area contributed by atoms with Crippen LogP contribution in [0.2, 0.25) is 0 Å². The Balaban J connectivity index is -0.0000000800. The summed E-state index contributed by atoms with van der Waals surface area (Å²) in [5.41, 5.74) is 0. The summed E-state index contributed by atoms with van der Waals surface area (Å²) in [4.78, 5) is 0. The number of aliphatic hydroxyl groups is 1. The van der Waals surface area contributed by atoms with E-state index in [1.165, 1.54) is 0 Å². The van der Waals surface area contributed by atoms with Gasteiger partial charge in [-0.25, -0.2) is 5.14 Å². The summed E-state index contributed by atoms with van der Waals surface area (Å²) in [6.45, 7) is 1.93. The summed E-state index contributed by atoms with van der Waals surface area (Å²) < 4.78 is 25.2. The van der Waals surface area contributed by atoms with Gasteiger partial charge >= 0.3 is 10.3 Å². The van der Waals surface area contributed by atoms with Crippen LogP contribution in [0.5, 0.6) is 0 Å². The average molecular weight is 166 g/mol.